The van der Waals surface area contributed by atoms with Gasteiger partial charge in [0.15, 0.2) is 17.1 Å². The highest BCUT2D eigenvalue weighted by Crippen LogP contribution is 2.48. The lowest BCUT2D eigenvalue weighted by molar-refractivity contribution is -0.165. The predicted octanol–water partition coefficient (Wildman–Crippen LogP) is 2.97. The van der Waals surface area contributed by atoms with Crippen molar-refractivity contribution in [2.45, 2.75) is 51.7 Å². The lowest BCUT2D eigenvalue weighted by Crippen LogP contribution is -2.56. The molecule has 2 heterocycles. The first-order valence-corrected chi connectivity index (χ1v) is 10.6. The first kappa shape index (κ1) is 22.5. The van der Waals surface area contributed by atoms with Crippen molar-refractivity contribution < 1.29 is 24.1 Å². The minimum atomic E-state index is -0.915. The predicted molar refractivity (Wildman–Crippen MR) is 114 cm³/mol. The Morgan fingerprint density at radius 1 is 1.30 bits per heavy atom. The topological polar surface area (TPSA) is 68.2 Å². The highest BCUT2D eigenvalue weighted by atomic mass is 16.6. The summed E-state index contributed by atoms with van der Waals surface area (Å²) in [5.74, 6) is 7.56. The van der Waals surface area contributed by atoms with Crippen molar-refractivity contribution in [3.8, 4) is 23.3 Å². The Labute approximate surface area is 179 Å². The molecule has 1 N–H and O–H groups in total. The van der Waals surface area contributed by atoms with Gasteiger partial charge in [0.05, 0.1) is 14.2 Å². The Kier molecular flexibility index (Phi) is 6.95. The second-order valence-corrected chi connectivity index (χ2v) is 8.64. The van der Waals surface area contributed by atoms with Crippen LogP contribution in [-0.4, -0.2) is 55.5 Å². The molecule has 0 radical (unpaired) electrons. The number of aliphatic hydroxyl groups is 1. The van der Waals surface area contributed by atoms with E-state index in [9.17, 15) is 9.90 Å². The quantitative estimate of drug-likeness (QED) is 0.589. The third kappa shape index (κ3) is 4.43. The minimum Gasteiger partial charge on any atom is -0.493 e. The number of hydrogen-bond donors (Lipinski definition) is 1. The third-order valence-electron chi connectivity index (χ3n) is 6.19. The Morgan fingerprint density at radius 3 is 2.60 bits per heavy atom. The highest BCUT2D eigenvalue weighted by molar-refractivity contribution is 5.67. The van der Waals surface area contributed by atoms with Gasteiger partial charge in [0, 0.05) is 38.4 Å². The van der Waals surface area contributed by atoms with Gasteiger partial charge in [-0.15, -0.1) is 0 Å². The van der Waals surface area contributed by atoms with E-state index in [1.54, 1.807) is 14.2 Å². The fraction of sp³-hybridized carbons (Fsp3) is 0.625. The van der Waals surface area contributed by atoms with Gasteiger partial charge >= 0.3 is 5.97 Å². The summed E-state index contributed by atoms with van der Waals surface area (Å²) in [5, 5.41) is 9.37. The second kappa shape index (κ2) is 9.28. The molecular weight excluding hydrogens is 382 g/mol. The van der Waals surface area contributed by atoms with E-state index < -0.39 is 5.60 Å². The van der Waals surface area contributed by atoms with E-state index in [4.69, 9.17) is 14.2 Å². The third-order valence-corrected chi connectivity index (χ3v) is 6.19. The maximum atomic E-state index is 12.1. The van der Waals surface area contributed by atoms with Crippen LogP contribution >= 0.6 is 0 Å². The van der Waals surface area contributed by atoms with Crippen LogP contribution in [0.15, 0.2) is 12.1 Å². The molecule has 0 aromatic heterocycles. The van der Waals surface area contributed by atoms with Crippen LogP contribution in [0.1, 0.15) is 50.8 Å². The van der Waals surface area contributed by atoms with Crippen LogP contribution in [0.2, 0.25) is 0 Å². The van der Waals surface area contributed by atoms with Crippen LogP contribution in [-0.2, 0) is 16.0 Å². The number of aliphatic hydroxyl groups excluding tert-OH is 1. The molecule has 2 aliphatic rings. The Hall–Kier alpha value is -2.23. The number of methoxy groups -OCH3 is 2. The van der Waals surface area contributed by atoms with E-state index in [2.05, 4.69) is 36.7 Å². The molecule has 30 heavy (non-hydrogen) atoms. The highest BCUT2D eigenvalue weighted by Gasteiger charge is 2.50. The van der Waals surface area contributed by atoms with E-state index in [1.165, 1.54) is 18.1 Å². The van der Waals surface area contributed by atoms with E-state index in [-0.39, 0.29) is 24.5 Å². The van der Waals surface area contributed by atoms with Gasteiger partial charge in [-0.25, -0.2) is 0 Å². The molecule has 0 bridgehead atoms. The summed E-state index contributed by atoms with van der Waals surface area (Å²) in [6.07, 6.45) is 2.40. The number of carbonyl (C=O) groups is 1. The number of nitrogens with zero attached hydrogens (tertiary/aromatic N) is 1. The Bertz CT molecular complexity index is 840. The van der Waals surface area contributed by atoms with Gasteiger partial charge in [-0.2, -0.15) is 0 Å². The standard InChI is InChI=1S/C24H33NO5/c1-16(2)11-19-15-25-9-7-18-12-22(28-4)23(29-5)13-20(18)21(25)14-24(19,8-6-10-26)30-17(3)27/h12-13,16,19,21,26H,7,9-11,14-15H2,1-5H3/t19-,21-,24-/m1/s1. The zero-order valence-electron chi connectivity index (χ0n) is 18.7. The van der Waals surface area contributed by atoms with E-state index in [0.29, 0.717) is 18.1 Å². The second-order valence-electron chi connectivity index (χ2n) is 8.64. The summed E-state index contributed by atoms with van der Waals surface area (Å²) < 4.78 is 17.0. The molecule has 1 saturated heterocycles. The fourth-order valence-electron chi connectivity index (χ4n) is 5.01. The van der Waals surface area contributed by atoms with E-state index in [1.807, 2.05) is 6.07 Å². The summed E-state index contributed by atoms with van der Waals surface area (Å²) in [5.41, 5.74) is 1.48. The summed E-state index contributed by atoms with van der Waals surface area (Å²) in [6, 6.07) is 4.16. The average molecular weight is 416 g/mol. The van der Waals surface area contributed by atoms with Crippen molar-refractivity contribution >= 4 is 5.97 Å². The van der Waals surface area contributed by atoms with Crippen LogP contribution in [0.4, 0.5) is 0 Å². The number of benzene rings is 1. The molecule has 1 fully saturated rings. The average Bonchev–Trinajstić information content (AvgIpc) is 2.71. The van der Waals surface area contributed by atoms with Crippen LogP contribution < -0.4 is 9.47 Å². The van der Waals surface area contributed by atoms with Crippen molar-refractivity contribution in [3.63, 3.8) is 0 Å². The Balaban J connectivity index is 2.07. The van der Waals surface area contributed by atoms with Crippen molar-refractivity contribution in [1.82, 2.24) is 4.90 Å². The Morgan fingerprint density at radius 2 is 2.00 bits per heavy atom. The molecule has 2 aliphatic heterocycles. The molecular formula is C24H33NO5. The fourth-order valence-corrected chi connectivity index (χ4v) is 5.01. The summed E-state index contributed by atoms with van der Waals surface area (Å²) in [7, 11) is 3.28. The van der Waals surface area contributed by atoms with Gasteiger partial charge < -0.3 is 19.3 Å². The van der Waals surface area contributed by atoms with Crippen molar-refractivity contribution in [3.05, 3.63) is 23.3 Å². The zero-order chi connectivity index (χ0) is 21.9. The van der Waals surface area contributed by atoms with Crippen LogP contribution in [0.5, 0.6) is 11.5 Å². The smallest absolute Gasteiger partial charge is 0.304 e. The van der Waals surface area contributed by atoms with E-state index >= 15 is 0 Å². The first-order chi connectivity index (χ1) is 14.3. The summed E-state index contributed by atoms with van der Waals surface area (Å²) in [6.45, 7) is 7.26. The molecule has 0 unspecified atom stereocenters. The molecule has 164 valence electrons. The molecule has 0 amide bonds. The molecule has 0 spiro atoms. The van der Waals surface area contributed by atoms with Crippen LogP contribution in [0.25, 0.3) is 0 Å². The van der Waals surface area contributed by atoms with Gasteiger partial charge in [0.2, 0.25) is 0 Å². The minimum absolute atomic E-state index is 0.0595. The molecule has 6 nitrogen and oxygen atoms in total. The number of piperidine rings is 1. The van der Waals surface area contributed by atoms with Crippen LogP contribution in [0, 0.1) is 23.7 Å². The molecule has 3 atom stereocenters. The molecule has 1 aromatic carbocycles. The molecule has 0 saturated carbocycles. The number of hydrogen-bond acceptors (Lipinski definition) is 6. The van der Waals surface area contributed by atoms with Crippen LogP contribution in [0.3, 0.4) is 0 Å². The summed E-state index contributed by atoms with van der Waals surface area (Å²) >= 11 is 0. The number of esters is 1. The van der Waals surface area contributed by atoms with Gasteiger partial charge in [0.1, 0.15) is 6.61 Å². The maximum absolute atomic E-state index is 12.1. The largest absolute Gasteiger partial charge is 0.493 e. The monoisotopic (exact) mass is 415 g/mol. The van der Waals surface area contributed by atoms with Gasteiger partial charge in [-0.3, -0.25) is 9.69 Å². The molecule has 1 aromatic rings. The maximum Gasteiger partial charge on any atom is 0.304 e. The molecule has 3 rings (SSSR count). The first-order valence-electron chi connectivity index (χ1n) is 10.6. The van der Waals surface area contributed by atoms with Crippen molar-refractivity contribution in [1.29, 1.82) is 0 Å². The van der Waals surface area contributed by atoms with Gasteiger partial charge in [0.25, 0.3) is 0 Å². The SMILES string of the molecule is COc1cc2c(cc1OC)[C@H]1C[C@@](C#CCO)(OC(C)=O)[C@H](CC(C)C)CN1CC2. The normalized spacial score (nSPS) is 25.6. The lowest BCUT2D eigenvalue weighted by Gasteiger charge is -2.51. The lowest BCUT2D eigenvalue weighted by atomic mass is 9.71. The number of carbonyl (C=O) groups excluding carboxylic acids is 1. The van der Waals surface area contributed by atoms with Gasteiger partial charge in [-0.05, 0) is 42.0 Å². The van der Waals surface area contributed by atoms with Crippen molar-refractivity contribution in [2.75, 3.05) is 33.9 Å². The number of rotatable bonds is 5. The van der Waals surface area contributed by atoms with Gasteiger partial charge in [-0.1, -0.05) is 25.7 Å². The van der Waals surface area contributed by atoms with E-state index in [0.717, 1.165) is 31.7 Å². The molecule has 0 aliphatic carbocycles. The zero-order valence-corrected chi connectivity index (χ0v) is 18.7. The summed E-state index contributed by atoms with van der Waals surface area (Å²) in [4.78, 5) is 14.6. The number of fused-ring (bicyclic) bond motifs is 3. The number of ether oxygens (including phenoxy) is 3. The van der Waals surface area contributed by atoms with Crippen molar-refractivity contribution in [2.24, 2.45) is 11.8 Å². The molecule has 6 heteroatoms.